The van der Waals surface area contributed by atoms with E-state index in [1.807, 2.05) is 25.7 Å². The predicted molar refractivity (Wildman–Crippen MR) is 91.4 cm³/mol. The number of nitrogens with zero attached hydrogens (tertiary/aromatic N) is 1. The van der Waals surface area contributed by atoms with E-state index in [0.29, 0.717) is 6.54 Å². The van der Waals surface area contributed by atoms with Crippen LogP contribution < -0.4 is 11.1 Å². The van der Waals surface area contributed by atoms with Gasteiger partial charge >= 0.3 is 6.09 Å². The van der Waals surface area contributed by atoms with E-state index in [2.05, 4.69) is 5.32 Å². The van der Waals surface area contributed by atoms with E-state index in [1.54, 1.807) is 0 Å². The summed E-state index contributed by atoms with van der Waals surface area (Å²) in [6.45, 7) is 6.91. The summed E-state index contributed by atoms with van der Waals surface area (Å²) in [4.78, 5) is 27.0. The van der Waals surface area contributed by atoms with Crippen molar-refractivity contribution in [1.82, 2.24) is 10.2 Å². The number of piperidine rings is 1. The van der Waals surface area contributed by atoms with E-state index in [1.165, 1.54) is 0 Å². The Morgan fingerprint density at radius 2 is 1.88 bits per heavy atom. The molecule has 2 bridgehead atoms. The fraction of sp³-hybridized carbons (Fsp3) is 0.889. The standard InChI is InChI=1S/C18H31N3O3/c1-16(2,3)24-15(23)20-13-5-4-10-21(11-13)14(22)17-6-8-18(19,12-17)9-7-17/h13H,4-12,19H2,1-3H3,(H,20,23)/t13-,17?,18?/m0/s1. The molecule has 3 aliphatic rings. The van der Waals surface area contributed by atoms with Crippen molar-refractivity contribution in [2.24, 2.45) is 11.1 Å². The molecule has 0 radical (unpaired) electrons. The lowest BCUT2D eigenvalue weighted by molar-refractivity contribution is -0.143. The molecule has 24 heavy (non-hydrogen) atoms. The Hall–Kier alpha value is -1.30. The lowest BCUT2D eigenvalue weighted by Crippen LogP contribution is -2.53. The first-order chi connectivity index (χ1) is 11.1. The SMILES string of the molecule is CC(C)(C)OC(=O)N[C@H]1CCCN(C(=O)C23CCC(N)(CC2)C3)C1. The highest BCUT2D eigenvalue weighted by Crippen LogP contribution is 2.56. The molecule has 0 aromatic heterocycles. The normalized spacial score (nSPS) is 35.8. The van der Waals surface area contributed by atoms with Gasteiger partial charge in [0, 0.05) is 24.7 Å². The van der Waals surface area contributed by atoms with Crippen molar-refractivity contribution >= 4 is 12.0 Å². The van der Waals surface area contributed by atoms with Crippen molar-refractivity contribution in [2.75, 3.05) is 13.1 Å². The molecule has 1 aliphatic heterocycles. The monoisotopic (exact) mass is 337 g/mol. The number of nitrogens with one attached hydrogen (secondary N) is 1. The third kappa shape index (κ3) is 3.53. The number of hydrogen-bond donors (Lipinski definition) is 2. The number of likely N-dealkylation sites (tertiary alicyclic amines) is 1. The van der Waals surface area contributed by atoms with Crippen molar-refractivity contribution in [2.45, 2.75) is 82.9 Å². The van der Waals surface area contributed by atoms with Crippen molar-refractivity contribution in [3.63, 3.8) is 0 Å². The van der Waals surface area contributed by atoms with Crippen LogP contribution in [-0.2, 0) is 9.53 Å². The highest BCUT2D eigenvalue weighted by molar-refractivity contribution is 5.84. The quantitative estimate of drug-likeness (QED) is 0.809. The molecule has 1 heterocycles. The van der Waals surface area contributed by atoms with Gasteiger partial charge in [-0.3, -0.25) is 4.79 Å². The molecule has 0 aromatic carbocycles. The molecule has 3 rings (SSSR count). The number of alkyl carbamates (subject to hydrolysis) is 1. The summed E-state index contributed by atoms with van der Waals surface area (Å²) in [5.41, 5.74) is 5.51. The van der Waals surface area contributed by atoms with Gasteiger partial charge in [0.05, 0.1) is 5.41 Å². The molecule has 0 aromatic rings. The summed E-state index contributed by atoms with van der Waals surface area (Å²) in [6, 6.07) is -0.0283. The van der Waals surface area contributed by atoms with Crippen LogP contribution in [-0.4, -0.2) is 47.2 Å². The molecule has 2 aliphatic carbocycles. The summed E-state index contributed by atoms with van der Waals surface area (Å²) >= 11 is 0. The topological polar surface area (TPSA) is 84.7 Å². The summed E-state index contributed by atoms with van der Waals surface area (Å²) in [7, 11) is 0. The zero-order valence-corrected chi connectivity index (χ0v) is 15.2. The van der Waals surface area contributed by atoms with E-state index in [-0.39, 0.29) is 22.9 Å². The fourth-order valence-corrected chi connectivity index (χ4v) is 4.63. The zero-order chi connectivity index (χ0) is 17.6. The van der Waals surface area contributed by atoms with Gasteiger partial charge in [0.25, 0.3) is 0 Å². The highest BCUT2D eigenvalue weighted by atomic mass is 16.6. The Bertz CT molecular complexity index is 518. The van der Waals surface area contributed by atoms with Gasteiger partial charge in [-0.05, 0) is 65.7 Å². The van der Waals surface area contributed by atoms with Crippen LogP contribution in [0.2, 0.25) is 0 Å². The molecule has 2 amide bonds. The van der Waals surface area contributed by atoms with Crippen LogP contribution in [0.25, 0.3) is 0 Å². The number of nitrogens with two attached hydrogens (primary N) is 1. The van der Waals surface area contributed by atoms with Gasteiger partial charge in [0.1, 0.15) is 5.60 Å². The Morgan fingerprint density at radius 3 is 2.42 bits per heavy atom. The Balaban J connectivity index is 1.58. The number of hydrogen-bond acceptors (Lipinski definition) is 4. The van der Waals surface area contributed by atoms with Gasteiger partial charge in [0.2, 0.25) is 5.91 Å². The number of ether oxygens (including phenoxy) is 1. The molecular formula is C18H31N3O3. The van der Waals surface area contributed by atoms with E-state index in [0.717, 1.165) is 51.5 Å². The molecule has 6 nitrogen and oxygen atoms in total. The average Bonchev–Trinajstić information content (AvgIpc) is 2.99. The summed E-state index contributed by atoms with van der Waals surface area (Å²) < 4.78 is 5.33. The van der Waals surface area contributed by atoms with Crippen LogP contribution in [0.3, 0.4) is 0 Å². The number of fused-ring (bicyclic) bond motifs is 2. The summed E-state index contributed by atoms with van der Waals surface area (Å²) in [5.74, 6) is 0.253. The highest BCUT2D eigenvalue weighted by Gasteiger charge is 2.57. The van der Waals surface area contributed by atoms with Gasteiger partial charge in [-0.2, -0.15) is 0 Å². The van der Waals surface area contributed by atoms with Crippen molar-refractivity contribution < 1.29 is 14.3 Å². The van der Waals surface area contributed by atoms with Crippen LogP contribution in [0.1, 0.15) is 65.7 Å². The molecule has 6 heteroatoms. The summed E-state index contributed by atoms with van der Waals surface area (Å²) in [5, 5.41) is 2.92. The number of amides is 2. The summed E-state index contributed by atoms with van der Waals surface area (Å²) in [6.07, 6.45) is 6.00. The molecule has 0 spiro atoms. The average molecular weight is 337 g/mol. The maximum atomic E-state index is 13.1. The second kappa shape index (κ2) is 5.90. The molecule has 3 fully saturated rings. The first-order valence-electron chi connectivity index (χ1n) is 9.19. The molecule has 0 unspecified atom stereocenters. The minimum Gasteiger partial charge on any atom is -0.444 e. The largest absolute Gasteiger partial charge is 0.444 e. The zero-order valence-electron chi connectivity index (χ0n) is 15.2. The predicted octanol–water partition coefficient (Wildman–Crippen LogP) is 2.16. The third-order valence-electron chi connectivity index (χ3n) is 5.78. The van der Waals surface area contributed by atoms with Gasteiger partial charge in [-0.15, -0.1) is 0 Å². The van der Waals surface area contributed by atoms with Gasteiger partial charge < -0.3 is 20.7 Å². The molecule has 3 N–H and O–H groups in total. The molecule has 1 saturated heterocycles. The third-order valence-corrected chi connectivity index (χ3v) is 5.78. The second-order valence-corrected chi connectivity index (χ2v) is 9.06. The Kier molecular flexibility index (Phi) is 4.31. The molecule has 2 saturated carbocycles. The van der Waals surface area contributed by atoms with Crippen LogP contribution >= 0.6 is 0 Å². The smallest absolute Gasteiger partial charge is 0.407 e. The maximum absolute atomic E-state index is 13.1. The number of carbonyl (C=O) groups excluding carboxylic acids is 2. The van der Waals surface area contributed by atoms with Crippen molar-refractivity contribution in [1.29, 1.82) is 0 Å². The van der Waals surface area contributed by atoms with E-state index in [4.69, 9.17) is 10.5 Å². The first kappa shape index (κ1) is 17.5. The first-order valence-corrected chi connectivity index (χ1v) is 9.19. The van der Waals surface area contributed by atoms with E-state index >= 15 is 0 Å². The molecule has 136 valence electrons. The molecule has 1 atom stereocenters. The van der Waals surface area contributed by atoms with Gasteiger partial charge in [-0.25, -0.2) is 4.79 Å². The van der Waals surface area contributed by atoms with Crippen molar-refractivity contribution in [3.05, 3.63) is 0 Å². The van der Waals surface area contributed by atoms with Crippen molar-refractivity contribution in [3.8, 4) is 0 Å². The van der Waals surface area contributed by atoms with Crippen LogP contribution in [0.5, 0.6) is 0 Å². The van der Waals surface area contributed by atoms with Gasteiger partial charge in [-0.1, -0.05) is 0 Å². The molecular weight excluding hydrogens is 306 g/mol. The van der Waals surface area contributed by atoms with Crippen LogP contribution in [0.4, 0.5) is 4.79 Å². The fourth-order valence-electron chi connectivity index (χ4n) is 4.63. The second-order valence-electron chi connectivity index (χ2n) is 9.06. The van der Waals surface area contributed by atoms with Crippen LogP contribution in [0.15, 0.2) is 0 Å². The van der Waals surface area contributed by atoms with Gasteiger partial charge in [0.15, 0.2) is 0 Å². The Morgan fingerprint density at radius 1 is 1.21 bits per heavy atom. The number of carbonyl (C=O) groups is 2. The van der Waals surface area contributed by atoms with E-state index in [9.17, 15) is 9.59 Å². The maximum Gasteiger partial charge on any atom is 0.407 e. The minimum atomic E-state index is -0.509. The Labute approximate surface area is 144 Å². The minimum absolute atomic E-state index is 0.0283. The van der Waals surface area contributed by atoms with E-state index < -0.39 is 11.7 Å². The lowest BCUT2D eigenvalue weighted by Gasteiger charge is -2.38. The van der Waals surface area contributed by atoms with Crippen LogP contribution in [0, 0.1) is 5.41 Å². The number of rotatable bonds is 2. The lowest BCUT2D eigenvalue weighted by atomic mass is 9.82.